The third-order valence-electron chi connectivity index (χ3n) is 1.69. The molecule has 0 atom stereocenters. The number of Topliss-reactive ketones (excluding diaryl/α,β-unsaturated/α-hetero) is 1. The highest BCUT2D eigenvalue weighted by Crippen LogP contribution is 1.99. The van der Waals surface area contributed by atoms with Crippen LogP contribution >= 0.6 is 0 Å². The van der Waals surface area contributed by atoms with Crippen LogP contribution in [0.1, 0.15) is 34.3 Å². The minimum absolute atomic E-state index is 0.0393. The number of hydrogen-bond acceptors (Lipinski definition) is 3. The van der Waals surface area contributed by atoms with E-state index in [1.807, 2.05) is 0 Å². The number of hydrogen-bond donors (Lipinski definition) is 2. The topological polar surface area (TPSA) is 87.2 Å². The van der Waals surface area contributed by atoms with Crippen LogP contribution in [0.5, 0.6) is 0 Å². The zero-order chi connectivity index (χ0) is 10.7. The van der Waals surface area contributed by atoms with Crippen molar-refractivity contribution in [3.63, 3.8) is 0 Å². The Labute approximate surface area is 79.4 Å². The summed E-state index contributed by atoms with van der Waals surface area (Å²) >= 11 is 0. The second-order valence-electron chi connectivity index (χ2n) is 2.73. The number of nitrogens with one attached hydrogen (secondary N) is 1. The number of pyridine rings is 1. The van der Waals surface area contributed by atoms with Gasteiger partial charge in [0.15, 0.2) is 11.2 Å². The van der Waals surface area contributed by atoms with Crippen molar-refractivity contribution in [2.75, 3.05) is 0 Å². The molecule has 1 aromatic heterocycles. The molecule has 0 spiro atoms. The maximum Gasteiger partial charge on any atom is 0.352 e. The van der Waals surface area contributed by atoms with Gasteiger partial charge in [-0.25, -0.2) is 4.79 Å². The molecule has 0 amide bonds. The molecule has 74 valence electrons. The number of ketones is 1. The summed E-state index contributed by atoms with van der Waals surface area (Å²) in [5, 5.41) is 8.61. The van der Waals surface area contributed by atoms with Crippen molar-refractivity contribution in [2.45, 2.75) is 13.3 Å². The molecule has 0 fully saturated rings. The third-order valence-corrected chi connectivity index (χ3v) is 1.69. The van der Waals surface area contributed by atoms with E-state index in [9.17, 15) is 14.4 Å². The molecule has 1 heterocycles. The summed E-state index contributed by atoms with van der Waals surface area (Å²) in [5.41, 5.74) is -0.718. The molecule has 5 heteroatoms. The average molecular weight is 195 g/mol. The summed E-state index contributed by atoms with van der Waals surface area (Å²) in [5.74, 6) is -1.54. The monoisotopic (exact) mass is 195 g/mol. The highest BCUT2D eigenvalue weighted by Gasteiger charge is 2.09. The molecule has 14 heavy (non-hydrogen) atoms. The summed E-state index contributed by atoms with van der Waals surface area (Å²) in [6.45, 7) is 1.63. The lowest BCUT2D eigenvalue weighted by Crippen LogP contribution is -2.13. The summed E-state index contributed by atoms with van der Waals surface area (Å²) < 4.78 is 0. The zero-order valence-electron chi connectivity index (χ0n) is 7.53. The van der Waals surface area contributed by atoms with E-state index in [1.54, 1.807) is 6.92 Å². The van der Waals surface area contributed by atoms with E-state index in [-0.39, 0.29) is 23.6 Å². The van der Waals surface area contributed by atoms with Crippen LogP contribution < -0.4 is 5.43 Å². The summed E-state index contributed by atoms with van der Waals surface area (Å²) in [4.78, 5) is 35.1. The van der Waals surface area contributed by atoms with Crippen LogP contribution in [0.3, 0.4) is 0 Å². The van der Waals surface area contributed by atoms with Crippen LogP contribution in [0.2, 0.25) is 0 Å². The van der Waals surface area contributed by atoms with Crippen molar-refractivity contribution in [3.8, 4) is 0 Å². The van der Waals surface area contributed by atoms with Crippen molar-refractivity contribution >= 4 is 11.8 Å². The Bertz CT molecular complexity index is 433. The Kier molecular flexibility index (Phi) is 2.81. The molecule has 1 rings (SSSR count). The van der Waals surface area contributed by atoms with Gasteiger partial charge in [0.2, 0.25) is 0 Å². The predicted molar refractivity (Wildman–Crippen MR) is 48.6 cm³/mol. The normalized spacial score (nSPS) is 9.79. The minimum atomic E-state index is -1.26. The fraction of sp³-hybridized carbons (Fsp3) is 0.222. The maximum absolute atomic E-state index is 11.2. The third kappa shape index (κ3) is 2.07. The Morgan fingerprint density at radius 1 is 1.36 bits per heavy atom. The van der Waals surface area contributed by atoms with Crippen molar-refractivity contribution < 1.29 is 14.7 Å². The van der Waals surface area contributed by atoms with Gasteiger partial charge in [-0.1, -0.05) is 6.92 Å². The lowest BCUT2D eigenvalue weighted by Gasteiger charge is -1.99. The Morgan fingerprint density at radius 2 is 1.93 bits per heavy atom. The number of aromatic carboxylic acids is 1. The number of carbonyl (C=O) groups is 2. The van der Waals surface area contributed by atoms with Crippen LogP contribution in [0.4, 0.5) is 0 Å². The Balaban J connectivity index is 3.27. The zero-order valence-corrected chi connectivity index (χ0v) is 7.53. The molecule has 0 saturated carbocycles. The van der Waals surface area contributed by atoms with Crippen LogP contribution in [0, 0.1) is 0 Å². The van der Waals surface area contributed by atoms with E-state index in [4.69, 9.17) is 5.11 Å². The highest BCUT2D eigenvalue weighted by atomic mass is 16.4. The van der Waals surface area contributed by atoms with Gasteiger partial charge in [-0.05, 0) is 0 Å². The van der Waals surface area contributed by atoms with Crippen molar-refractivity contribution in [3.05, 3.63) is 33.7 Å². The molecule has 0 radical (unpaired) electrons. The van der Waals surface area contributed by atoms with Gasteiger partial charge in [0.25, 0.3) is 0 Å². The highest BCUT2D eigenvalue weighted by molar-refractivity contribution is 5.95. The molecule has 0 bridgehead atoms. The molecule has 0 saturated heterocycles. The van der Waals surface area contributed by atoms with Gasteiger partial charge in [-0.2, -0.15) is 0 Å². The summed E-state index contributed by atoms with van der Waals surface area (Å²) in [6, 6.07) is 2.03. The first-order chi connectivity index (χ1) is 6.54. The number of H-pyrrole nitrogens is 1. The van der Waals surface area contributed by atoms with Gasteiger partial charge in [-0.15, -0.1) is 0 Å². The van der Waals surface area contributed by atoms with Crippen LogP contribution in [0.15, 0.2) is 16.9 Å². The first kappa shape index (κ1) is 10.2. The van der Waals surface area contributed by atoms with Crippen LogP contribution in [-0.4, -0.2) is 21.8 Å². The molecule has 0 aliphatic rings. The number of carboxylic acids is 1. The first-order valence-electron chi connectivity index (χ1n) is 4.05. The fourth-order valence-electron chi connectivity index (χ4n) is 0.999. The lowest BCUT2D eigenvalue weighted by atomic mass is 10.2. The second kappa shape index (κ2) is 3.87. The van der Waals surface area contributed by atoms with Gasteiger partial charge in [0, 0.05) is 18.6 Å². The van der Waals surface area contributed by atoms with Gasteiger partial charge < -0.3 is 10.1 Å². The number of carboxylic acid groups (broad SMARTS) is 1. The molecular weight excluding hydrogens is 186 g/mol. The number of carbonyl (C=O) groups excluding carboxylic acids is 1. The summed E-state index contributed by atoms with van der Waals surface area (Å²) in [7, 11) is 0. The molecule has 2 N–H and O–H groups in total. The molecule has 5 nitrogen and oxygen atoms in total. The first-order valence-corrected chi connectivity index (χ1v) is 4.05. The number of rotatable bonds is 3. The van der Waals surface area contributed by atoms with E-state index < -0.39 is 11.4 Å². The van der Waals surface area contributed by atoms with E-state index >= 15 is 0 Å². The van der Waals surface area contributed by atoms with Crippen LogP contribution in [-0.2, 0) is 0 Å². The van der Waals surface area contributed by atoms with Crippen molar-refractivity contribution in [1.82, 2.24) is 4.98 Å². The van der Waals surface area contributed by atoms with Gasteiger partial charge in [0.05, 0.1) is 5.69 Å². The standard InChI is InChI=1S/C9H9NO4/c1-2-8(12)6-3-5(11)4-7(10-6)9(13)14/h3-4H,2H2,1H3,(H,10,11)(H,13,14). The lowest BCUT2D eigenvalue weighted by molar-refractivity contribution is 0.0690. The number of aromatic nitrogens is 1. The fourth-order valence-corrected chi connectivity index (χ4v) is 0.999. The van der Waals surface area contributed by atoms with Crippen LogP contribution in [0.25, 0.3) is 0 Å². The van der Waals surface area contributed by atoms with E-state index in [2.05, 4.69) is 4.98 Å². The van der Waals surface area contributed by atoms with Crippen molar-refractivity contribution in [2.24, 2.45) is 0 Å². The Morgan fingerprint density at radius 3 is 2.43 bits per heavy atom. The molecule has 0 aliphatic carbocycles. The predicted octanol–water partition coefficient (Wildman–Crippen LogP) is 0.666. The molecule has 0 unspecified atom stereocenters. The average Bonchev–Trinajstić information content (AvgIpc) is 2.15. The Hall–Kier alpha value is -1.91. The molecule has 0 aliphatic heterocycles. The van der Waals surface area contributed by atoms with E-state index in [1.165, 1.54) is 0 Å². The van der Waals surface area contributed by atoms with E-state index in [0.29, 0.717) is 0 Å². The summed E-state index contributed by atoms with van der Waals surface area (Å²) in [6.07, 6.45) is 0.221. The molecule has 1 aromatic rings. The molecule has 0 aromatic carbocycles. The van der Waals surface area contributed by atoms with Crippen molar-refractivity contribution in [1.29, 1.82) is 0 Å². The van der Waals surface area contributed by atoms with Gasteiger partial charge >= 0.3 is 5.97 Å². The van der Waals surface area contributed by atoms with E-state index in [0.717, 1.165) is 12.1 Å². The molecular formula is C9H9NO4. The largest absolute Gasteiger partial charge is 0.477 e. The van der Waals surface area contributed by atoms with Gasteiger partial charge in [-0.3, -0.25) is 9.59 Å². The SMILES string of the molecule is CCC(=O)c1cc(=O)cc(C(=O)O)[nH]1. The quantitative estimate of drug-likeness (QED) is 0.694. The minimum Gasteiger partial charge on any atom is -0.477 e. The van der Waals surface area contributed by atoms with Gasteiger partial charge in [0.1, 0.15) is 5.69 Å². The smallest absolute Gasteiger partial charge is 0.352 e. The number of aromatic amines is 1. The second-order valence-corrected chi connectivity index (χ2v) is 2.73. The maximum atomic E-state index is 11.2.